The van der Waals surface area contributed by atoms with Crippen LogP contribution in [-0.4, -0.2) is 26.3 Å². The molecule has 0 aliphatic carbocycles. The molecule has 0 atom stereocenters. The lowest BCUT2D eigenvalue weighted by Crippen LogP contribution is -1.95. The highest BCUT2D eigenvalue weighted by molar-refractivity contribution is 5.68. The third-order valence-corrected chi connectivity index (χ3v) is 2.57. The smallest absolute Gasteiger partial charge is 0.203 e. The average molecular weight is 233 g/mol. The first-order chi connectivity index (χ1) is 8.30. The maximum Gasteiger partial charge on any atom is 0.203 e. The van der Waals surface area contributed by atoms with Crippen molar-refractivity contribution in [3.05, 3.63) is 30.5 Å². The van der Waals surface area contributed by atoms with Crippen LogP contribution in [-0.2, 0) is 0 Å². The Balaban J connectivity index is 2.56. The van der Waals surface area contributed by atoms with Crippen LogP contribution in [0.1, 0.15) is 0 Å². The number of benzene rings is 1. The molecule has 2 rings (SSSR count). The van der Waals surface area contributed by atoms with Crippen LogP contribution in [0, 0.1) is 0 Å². The highest BCUT2D eigenvalue weighted by Gasteiger charge is 2.13. The van der Waals surface area contributed by atoms with E-state index in [4.69, 9.17) is 14.2 Å². The van der Waals surface area contributed by atoms with Gasteiger partial charge >= 0.3 is 0 Å². The van der Waals surface area contributed by atoms with E-state index in [2.05, 4.69) is 4.98 Å². The molecule has 17 heavy (non-hydrogen) atoms. The van der Waals surface area contributed by atoms with Crippen molar-refractivity contribution in [2.24, 2.45) is 0 Å². The third-order valence-electron chi connectivity index (χ3n) is 2.57. The molecule has 0 aliphatic rings. The number of rotatable bonds is 4. The molecule has 90 valence electrons. The van der Waals surface area contributed by atoms with E-state index in [1.807, 2.05) is 30.5 Å². The molecule has 1 aromatic carbocycles. The minimum absolute atomic E-state index is 0.602. The molecular formula is C13H15NO3. The second kappa shape index (κ2) is 4.82. The lowest BCUT2D eigenvalue weighted by Gasteiger charge is -2.13. The molecule has 0 saturated carbocycles. The first-order valence-electron chi connectivity index (χ1n) is 5.24. The Labute approximate surface area is 100 Å². The Hall–Kier alpha value is -2.10. The highest BCUT2D eigenvalue weighted by atomic mass is 16.5. The molecule has 0 amide bonds. The summed E-state index contributed by atoms with van der Waals surface area (Å²) in [4.78, 5) is 3.14. The van der Waals surface area contributed by atoms with E-state index in [0.717, 1.165) is 11.3 Å². The van der Waals surface area contributed by atoms with Crippen LogP contribution in [0.4, 0.5) is 0 Å². The Morgan fingerprint density at radius 2 is 1.59 bits per heavy atom. The van der Waals surface area contributed by atoms with Crippen LogP contribution in [0.25, 0.3) is 11.3 Å². The second-order valence-corrected chi connectivity index (χ2v) is 3.50. The zero-order chi connectivity index (χ0) is 12.3. The minimum atomic E-state index is 0.602. The molecule has 1 heterocycles. The van der Waals surface area contributed by atoms with Crippen LogP contribution >= 0.6 is 0 Å². The second-order valence-electron chi connectivity index (χ2n) is 3.50. The van der Waals surface area contributed by atoms with Gasteiger partial charge in [0.05, 0.1) is 21.3 Å². The van der Waals surface area contributed by atoms with Crippen molar-refractivity contribution < 1.29 is 14.2 Å². The fraction of sp³-hybridized carbons (Fsp3) is 0.231. The summed E-state index contributed by atoms with van der Waals surface area (Å²) in [7, 11) is 4.81. The topological polar surface area (TPSA) is 43.5 Å². The summed E-state index contributed by atoms with van der Waals surface area (Å²) in [6.45, 7) is 0. The standard InChI is InChI=1S/C13H15NO3/c1-15-11-7-9(10-5-4-6-14-10)8-12(16-2)13(11)17-3/h4-8,14H,1-3H3. The largest absolute Gasteiger partial charge is 0.493 e. The van der Waals surface area contributed by atoms with Gasteiger partial charge in [0.1, 0.15) is 0 Å². The predicted molar refractivity (Wildman–Crippen MR) is 65.9 cm³/mol. The summed E-state index contributed by atoms with van der Waals surface area (Å²) in [5.74, 6) is 1.90. The van der Waals surface area contributed by atoms with Crippen molar-refractivity contribution in [3.63, 3.8) is 0 Å². The fourth-order valence-electron chi connectivity index (χ4n) is 1.75. The van der Waals surface area contributed by atoms with E-state index < -0.39 is 0 Å². The Morgan fingerprint density at radius 3 is 2.00 bits per heavy atom. The monoisotopic (exact) mass is 233 g/mol. The van der Waals surface area contributed by atoms with E-state index in [9.17, 15) is 0 Å². The number of methoxy groups -OCH3 is 3. The van der Waals surface area contributed by atoms with E-state index in [1.165, 1.54) is 0 Å². The van der Waals surface area contributed by atoms with Crippen LogP contribution in [0.3, 0.4) is 0 Å². The number of hydrogen-bond acceptors (Lipinski definition) is 3. The quantitative estimate of drug-likeness (QED) is 0.883. The first-order valence-corrected chi connectivity index (χ1v) is 5.24. The van der Waals surface area contributed by atoms with Gasteiger partial charge in [-0.1, -0.05) is 0 Å². The Bertz CT molecular complexity index is 466. The summed E-state index contributed by atoms with van der Waals surface area (Å²) >= 11 is 0. The van der Waals surface area contributed by atoms with Crippen molar-refractivity contribution in [3.8, 4) is 28.5 Å². The minimum Gasteiger partial charge on any atom is -0.493 e. The maximum atomic E-state index is 5.30. The molecule has 0 unspecified atom stereocenters. The molecule has 0 radical (unpaired) electrons. The first kappa shape index (κ1) is 11.4. The van der Waals surface area contributed by atoms with Crippen LogP contribution in [0.5, 0.6) is 17.2 Å². The Morgan fingerprint density at radius 1 is 0.941 bits per heavy atom. The normalized spacial score (nSPS) is 10.1. The zero-order valence-electron chi connectivity index (χ0n) is 10.1. The molecule has 0 bridgehead atoms. The molecule has 2 aromatic rings. The van der Waals surface area contributed by atoms with Gasteiger partial charge in [-0.2, -0.15) is 0 Å². The van der Waals surface area contributed by atoms with Crippen molar-refractivity contribution in [2.45, 2.75) is 0 Å². The predicted octanol–water partition coefficient (Wildman–Crippen LogP) is 2.71. The van der Waals surface area contributed by atoms with Crippen molar-refractivity contribution in [2.75, 3.05) is 21.3 Å². The Kier molecular flexibility index (Phi) is 3.23. The molecule has 4 heteroatoms. The summed E-state index contributed by atoms with van der Waals surface area (Å²) in [6, 6.07) is 7.75. The molecule has 1 aromatic heterocycles. The van der Waals surface area contributed by atoms with Gasteiger partial charge in [-0.3, -0.25) is 0 Å². The third kappa shape index (κ3) is 2.06. The van der Waals surface area contributed by atoms with Gasteiger partial charge in [0.25, 0.3) is 0 Å². The zero-order valence-corrected chi connectivity index (χ0v) is 10.1. The van der Waals surface area contributed by atoms with Crippen LogP contribution in [0.15, 0.2) is 30.5 Å². The van der Waals surface area contributed by atoms with Crippen molar-refractivity contribution in [1.29, 1.82) is 0 Å². The lowest BCUT2D eigenvalue weighted by molar-refractivity contribution is 0.324. The van der Waals surface area contributed by atoms with Gasteiger partial charge in [0.15, 0.2) is 11.5 Å². The van der Waals surface area contributed by atoms with Crippen LogP contribution in [0.2, 0.25) is 0 Å². The SMILES string of the molecule is COc1cc(-c2ccc[nH]2)cc(OC)c1OC. The van der Waals surface area contributed by atoms with Gasteiger partial charge in [0.2, 0.25) is 5.75 Å². The molecule has 0 aliphatic heterocycles. The molecule has 0 saturated heterocycles. The average Bonchev–Trinajstić information content (AvgIpc) is 2.90. The van der Waals surface area contributed by atoms with E-state index in [-0.39, 0.29) is 0 Å². The van der Waals surface area contributed by atoms with Gasteiger partial charge in [-0.25, -0.2) is 0 Å². The highest BCUT2D eigenvalue weighted by Crippen LogP contribution is 2.40. The number of nitrogens with one attached hydrogen (secondary N) is 1. The summed E-state index contributed by atoms with van der Waals surface area (Å²) in [6.07, 6.45) is 1.87. The van der Waals surface area contributed by atoms with Gasteiger partial charge in [0, 0.05) is 17.5 Å². The van der Waals surface area contributed by atoms with E-state index in [0.29, 0.717) is 17.2 Å². The van der Waals surface area contributed by atoms with Crippen LogP contribution < -0.4 is 14.2 Å². The fourth-order valence-corrected chi connectivity index (χ4v) is 1.75. The van der Waals surface area contributed by atoms with Gasteiger partial charge in [-0.05, 0) is 24.3 Å². The molecule has 0 fully saturated rings. The lowest BCUT2D eigenvalue weighted by atomic mass is 10.1. The number of ether oxygens (including phenoxy) is 3. The summed E-state index contributed by atoms with van der Waals surface area (Å²) < 4.78 is 15.9. The maximum absolute atomic E-state index is 5.30. The number of aromatic amines is 1. The molecule has 4 nitrogen and oxygen atoms in total. The van der Waals surface area contributed by atoms with Gasteiger partial charge < -0.3 is 19.2 Å². The van der Waals surface area contributed by atoms with E-state index in [1.54, 1.807) is 21.3 Å². The molecule has 1 N–H and O–H groups in total. The molecular weight excluding hydrogens is 218 g/mol. The van der Waals surface area contributed by atoms with E-state index >= 15 is 0 Å². The summed E-state index contributed by atoms with van der Waals surface area (Å²) in [5, 5.41) is 0. The number of H-pyrrole nitrogens is 1. The number of hydrogen-bond donors (Lipinski definition) is 1. The van der Waals surface area contributed by atoms with Crippen molar-refractivity contribution >= 4 is 0 Å². The van der Waals surface area contributed by atoms with Gasteiger partial charge in [-0.15, -0.1) is 0 Å². The summed E-state index contributed by atoms with van der Waals surface area (Å²) in [5.41, 5.74) is 1.99. The van der Waals surface area contributed by atoms with Crippen molar-refractivity contribution in [1.82, 2.24) is 4.98 Å². The molecule has 0 spiro atoms. The number of aromatic nitrogens is 1.